The molecular formula is C23H29N3O3S. The molecule has 0 atom stereocenters. The van der Waals surface area contributed by atoms with Crippen molar-refractivity contribution in [2.45, 2.75) is 45.4 Å². The largest absolute Gasteiger partial charge is 0.322 e. The van der Waals surface area contributed by atoms with Crippen molar-refractivity contribution >= 4 is 27.3 Å². The first kappa shape index (κ1) is 22.2. The third-order valence-corrected chi connectivity index (χ3v) is 6.94. The van der Waals surface area contributed by atoms with E-state index in [0.717, 1.165) is 37.1 Å². The number of amides is 1. The van der Waals surface area contributed by atoms with Gasteiger partial charge in [-0.05, 0) is 89.0 Å². The lowest BCUT2D eigenvalue weighted by atomic mass is 9.94. The molecule has 3 rings (SSSR count). The Hall–Kier alpha value is -2.51. The van der Waals surface area contributed by atoms with E-state index in [1.165, 1.54) is 6.07 Å². The smallest absolute Gasteiger partial charge is 0.282 e. The first-order valence-corrected chi connectivity index (χ1v) is 11.6. The van der Waals surface area contributed by atoms with E-state index in [2.05, 4.69) is 15.0 Å². The average molecular weight is 428 g/mol. The Morgan fingerprint density at radius 1 is 1.03 bits per heavy atom. The van der Waals surface area contributed by atoms with Gasteiger partial charge in [0.05, 0.1) is 4.90 Å². The van der Waals surface area contributed by atoms with Gasteiger partial charge in [0.1, 0.15) is 0 Å². The van der Waals surface area contributed by atoms with Crippen LogP contribution in [0.25, 0.3) is 0 Å². The number of nitrogens with one attached hydrogen (secondary N) is 2. The Labute approximate surface area is 178 Å². The maximum Gasteiger partial charge on any atom is 0.282 e. The van der Waals surface area contributed by atoms with Gasteiger partial charge >= 0.3 is 0 Å². The van der Waals surface area contributed by atoms with Crippen molar-refractivity contribution in [1.29, 1.82) is 0 Å². The summed E-state index contributed by atoms with van der Waals surface area (Å²) < 4.78 is 29.6. The van der Waals surface area contributed by atoms with E-state index >= 15 is 0 Å². The summed E-state index contributed by atoms with van der Waals surface area (Å²) in [6.07, 6.45) is 1.79. The number of carbonyl (C=O) groups is 1. The van der Waals surface area contributed by atoms with Crippen LogP contribution < -0.4 is 10.6 Å². The Bertz CT molecular complexity index is 1080. The van der Waals surface area contributed by atoms with Gasteiger partial charge in [0.15, 0.2) is 0 Å². The predicted octanol–water partition coefficient (Wildman–Crippen LogP) is 4.01. The highest BCUT2D eigenvalue weighted by molar-refractivity contribution is 7.90. The van der Waals surface area contributed by atoms with Crippen molar-refractivity contribution in [2.24, 2.45) is 10.3 Å². The summed E-state index contributed by atoms with van der Waals surface area (Å²) in [5.74, 6) is -0.0237. The van der Waals surface area contributed by atoms with E-state index in [-0.39, 0.29) is 16.7 Å². The van der Waals surface area contributed by atoms with Crippen LogP contribution in [0.3, 0.4) is 0 Å². The summed E-state index contributed by atoms with van der Waals surface area (Å²) in [6.45, 7) is 9.20. The zero-order valence-electron chi connectivity index (χ0n) is 18.0. The molecule has 0 aromatic heterocycles. The molecule has 0 spiro atoms. The van der Waals surface area contributed by atoms with Crippen molar-refractivity contribution in [3.05, 3.63) is 58.7 Å². The molecule has 0 unspecified atom stereocenters. The summed E-state index contributed by atoms with van der Waals surface area (Å²) in [5.41, 5.74) is 4.49. The minimum absolute atomic E-state index is 0.137. The normalized spacial score (nSPS) is 15.8. The maximum absolute atomic E-state index is 12.8. The van der Waals surface area contributed by atoms with E-state index in [1.807, 2.05) is 26.0 Å². The molecule has 2 aromatic carbocycles. The van der Waals surface area contributed by atoms with Gasteiger partial charge in [-0.25, -0.2) is 0 Å². The van der Waals surface area contributed by atoms with Crippen LogP contribution in [0.15, 0.2) is 45.7 Å². The van der Waals surface area contributed by atoms with Crippen LogP contribution in [0.4, 0.5) is 5.69 Å². The van der Waals surface area contributed by atoms with Crippen LogP contribution >= 0.6 is 0 Å². The molecule has 7 heteroatoms. The number of piperidine rings is 1. The minimum Gasteiger partial charge on any atom is -0.322 e. The second kappa shape index (κ2) is 9.10. The highest BCUT2D eigenvalue weighted by Gasteiger charge is 2.21. The second-order valence-corrected chi connectivity index (χ2v) is 9.59. The molecule has 0 bridgehead atoms. The Kier molecular flexibility index (Phi) is 6.73. The van der Waals surface area contributed by atoms with Gasteiger partial charge in [0.2, 0.25) is 0 Å². The van der Waals surface area contributed by atoms with Gasteiger partial charge in [-0.3, -0.25) is 4.79 Å². The summed E-state index contributed by atoms with van der Waals surface area (Å²) in [6, 6.07) is 10.3. The number of aryl methyl sites for hydroxylation is 3. The third kappa shape index (κ3) is 5.15. The van der Waals surface area contributed by atoms with Crippen LogP contribution in [-0.2, 0) is 10.0 Å². The van der Waals surface area contributed by atoms with Crippen LogP contribution in [0.1, 0.15) is 46.8 Å². The standard InChI is InChI=1S/C23H29N3O3S/c1-15-5-7-21(16(2)13-15)23(27)25-22-8-6-20(14-17(22)3)30(28,29)26-18(4)19-9-11-24-12-10-19/h5-8,13-14,19,24H,9-12H2,1-4H3,(H,25,27)/b26-18-. The van der Waals surface area contributed by atoms with Crippen LogP contribution in [-0.4, -0.2) is 33.1 Å². The van der Waals surface area contributed by atoms with Crippen molar-refractivity contribution in [3.8, 4) is 0 Å². The van der Waals surface area contributed by atoms with Crippen LogP contribution in [0, 0.1) is 26.7 Å². The molecule has 160 valence electrons. The van der Waals surface area contributed by atoms with Crippen molar-refractivity contribution < 1.29 is 13.2 Å². The summed E-state index contributed by atoms with van der Waals surface area (Å²) in [4.78, 5) is 12.8. The molecule has 0 aliphatic carbocycles. The molecular weight excluding hydrogens is 398 g/mol. The lowest BCUT2D eigenvalue weighted by Gasteiger charge is -2.22. The number of benzene rings is 2. The van der Waals surface area contributed by atoms with Gasteiger partial charge in [0.25, 0.3) is 15.9 Å². The fourth-order valence-corrected chi connectivity index (χ4v) is 4.95. The third-order valence-electron chi connectivity index (χ3n) is 5.56. The summed E-state index contributed by atoms with van der Waals surface area (Å²) in [5, 5.41) is 6.15. The fraction of sp³-hybridized carbons (Fsp3) is 0.391. The van der Waals surface area contributed by atoms with Gasteiger partial charge in [-0.2, -0.15) is 12.8 Å². The molecule has 1 fully saturated rings. The maximum atomic E-state index is 12.8. The first-order valence-electron chi connectivity index (χ1n) is 10.2. The Morgan fingerprint density at radius 3 is 2.37 bits per heavy atom. The van der Waals surface area contributed by atoms with Gasteiger partial charge in [-0.1, -0.05) is 17.7 Å². The molecule has 2 aromatic rings. The molecule has 1 aliphatic heterocycles. The summed E-state index contributed by atoms with van der Waals surface area (Å²) in [7, 11) is -3.79. The minimum atomic E-state index is -3.79. The quantitative estimate of drug-likeness (QED) is 0.706. The highest BCUT2D eigenvalue weighted by atomic mass is 32.2. The molecule has 1 aliphatic rings. The molecule has 0 radical (unpaired) electrons. The SMILES string of the molecule is C/C(=N/S(=O)(=O)c1ccc(NC(=O)c2ccc(C)cc2C)c(C)c1)C1CCNCC1. The van der Waals surface area contributed by atoms with Crippen molar-refractivity contribution in [3.63, 3.8) is 0 Å². The molecule has 0 saturated carbocycles. The number of hydrogen-bond donors (Lipinski definition) is 2. The van der Waals surface area contributed by atoms with Crippen molar-refractivity contribution in [1.82, 2.24) is 5.32 Å². The van der Waals surface area contributed by atoms with Gasteiger partial charge in [0, 0.05) is 22.9 Å². The Morgan fingerprint density at radius 2 is 1.73 bits per heavy atom. The first-order chi connectivity index (χ1) is 14.2. The highest BCUT2D eigenvalue weighted by Crippen LogP contribution is 2.24. The lowest BCUT2D eigenvalue weighted by molar-refractivity contribution is 0.102. The number of hydrogen-bond acceptors (Lipinski definition) is 4. The topological polar surface area (TPSA) is 87.6 Å². The molecule has 1 heterocycles. The second-order valence-electron chi connectivity index (χ2n) is 7.98. The molecule has 30 heavy (non-hydrogen) atoms. The zero-order chi connectivity index (χ0) is 21.9. The number of rotatable bonds is 5. The zero-order valence-corrected chi connectivity index (χ0v) is 18.8. The number of sulfonamides is 1. The van der Waals surface area contributed by atoms with E-state index in [4.69, 9.17) is 0 Å². The van der Waals surface area contributed by atoms with E-state index in [0.29, 0.717) is 22.5 Å². The fourth-order valence-electron chi connectivity index (χ4n) is 3.75. The lowest BCUT2D eigenvalue weighted by Crippen LogP contribution is -2.31. The van der Waals surface area contributed by atoms with Gasteiger partial charge < -0.3 is 10.6 Å². The van der Waals surface area contributed by atoms with E-state index in [9.17, 15) is 13.2 Å². The van der Waals surface area contributed by atoms with Crippen LogP contribution in [0.5, 0.6) is 0 Å². The number of anilines is 1. The molecule has 2 N–H and O–H groups in total. The molecule has 1 saturated heterocycles. The van der Waals surface area contributed by atoms with E-state index in [1.54, 1.807) is 32.0 Å². The van der Waals surface area contributed by atoms with Gasteiger partial charge in [-0.15, -0.1) is 0 Å². The summed E-state index contributed by atoms with van der Waals surface area (Å²) >= 11 is 0. The number of carbonyl (C=O) groups excluding carboxylic acids is 1. The monoisotopic (exact) mass is 427 g/mol. The molecule has 6 nitrogen and oxygen atoms in total. The predicted molar refractivity (Wildman–Crippen MR) is 121 cm³/mol. The number of nitrogens with zero attached hydrogens (tertiary/aromatic N) is 1. The molecule has 1 amide bonds. The Balaban J connectivity index is 1.79. The van der Waals surface area contributed by atoms with E-state index < -0.39 is 10.0 Å². The van der Waals surface area contributed by atoms with Crippen LogP contribution in [0.2, 0.25) is 0 Å². The van der Waals surface area contributed by atoms with Crippen molar-refractivity contribution in [2.75, 3.05) is 18.4 Å². The average Bonchev–Trinajstić information content (AvgIpc) is 2.69.